The van der Waals surface area contributed by atoms with E-state index in [4.69, 9.17) is 0 Å². The van der Waals surface area contributed by atoms with Gasteiger partial charge in [0.1, 0.15) is 0 Å². The molecule has 2 atom stereocenters. The maximum absolute atomic E-state index is 11.4. The number of carbonyl (C=O) groups is 2. The molecular weight excluding hydrogens is 254 g/mol. The van der Waals surface area contributed by atoms with Gasteiger partial charge in [0.2, 0.25) is 11.8 Å². The first-order chi connectivity index (χ1) is 9.52. The van der Waals surface area contributed by atoms with Crippen molar-refractivity contribution < 1.29 is 9.59 Å². The molecule has 0 bridgehead atoms. The largest absolute Gasteiger partial charge is 0.296 e. The highest BCUT2D eigenvalue weighted by atomic mass is 16.2. The smallest absolute Gasteiger partial charge is 0.226 e. The molecule has 0 spiro atoms. The maximum Gasteiger partial charge on any atom is 0.226 e. The Morgan fingerprint density at radius 2 is 1.85 bits per heavy atom. The Hall–Kier alpha value is -1.65. The molecule has 0 radical (unpaired) electrons. The van der Waals surface area contributed by atoms with Crippen LogP contribution in [0.1, 0.15) is 56.0 Å². The van der Waals surface area contributed by atoms with Gasteiger partial charge in [-0.1, -0.05) is 13.8 Å². The van der Waals surface area contributed by atoms with Gasteiger partial charge in [0.05, 0.1) is 5.69 Å². The fraction of sp³-hybridized carbons (Fsp3) is 0.667. The minimum absolute atomic E-state index is 0.105. The summed E-state index contributed by atoms with van der Waals surface area (Å²) in [6.07, 6.45) is 3.86. The molecule has 0 saturated carbocycles. The summed E-state index contributed by atoms with van der Waals surface area (Å²) >= 11 is 0. The SMILES string of the molecule is CC1Cc2c(n[nH]c2CC2CC(=O)NC(=O)C2)C(C)C1. The van der Waals surface area contributed by atoms with Crippen LogP contribution in [0.25, 0.3) is 0 Å². The number of carbonyl (C=O) groups excluding carboxylic acids is 2. The molecule has 1 saturated heterocycles. The van der Waals surface area contributed by atoms with Crippen LogP contribution in [0, 0.1) is 11.8 Å². The Kier molecular flexibility index (Phi) is 3.36. The molecule has 3 rings (SSSR count). The number of nitrogens with one attached hydrogen (secondary N) is 2. The first-order valence-corrected chi connectivity index (χ1v) is 7.41. The van der Waals surface area contributed by atoms with Crippen molar-refractivity contribution in [3.63, 3.8) is 0 Å². The van der Waals surface area contributed by atoms with Gasteiger partial charge >= 0.3 is 0 Å². The molecule has 2 unspecified atom stereocenters. The third-order valence-electron chi connectivity index (χ3n) is 4.48. The van der Waals surface area contributed by atoms with Gasteiger partial charge in [0, 0.05) is 24.5 Å². The molecule has 1 fully saturated rings. The molecule has 108 valence electrons. The van der Waals surface area contributed by atoms with E-state index in [1.165, 1.54) is 17.7 Å². The Bertz CT molecular complexity index is 533. The molecule has 1 aliphatic carbocycles. The first kappa shape index (κ1) is 13.3. The van der Waals surface area contributed by atoms with Crippen molar-refractivity contribution in [3.05, 3.63) is 17.0 Å². The van der Waals surface area contributed by atoms with Crippen LogP contribution in [0.3, 0.4) is 0 Å². The molecule has 1 aromatic rings. The minimum atomic E-state index is -0.152. The number of hydrogen-bond donors (Lipinski definition) is 2. The number of amides is 2. The molecule has 1 aromatic heterocycles. The lowest BCUT2D eigenvalue weighted by Crippen LogP contribution is -2.39. The summed E-state index contributed by atoms with van der Waals surface area (Å²) < 4.78 is 0. The second-order valence-corrected chi connectivity index (χ2v) is 6.46. The van der Waals surface area contributed by atoms with Crippen LogP contribution in [-0.2, 0) is 22.4 Å². The second kappa shape index (κ2) is 5.04. The number of imide groups is 1. The van der Waals surface area contributed by atoms with Gasteiger partial charge in [-0.15, -0.1) is 0 Å². The molecule has 5 heteroatoms. The quantitative estimate of drug-likeness (QED) is 0.807. The third kappa shape index (κ3) is 2.49. The number of aromatic amines is 1. The van der Waals surface area contributed by atoms with E-state index in [1.807, 2.05) is 0 Å². The van der Waals surface area contributed by atoms with Crippen molar-refractivity contribution in [2.75, 3.05) is 0 Å². The highest BCUT2D eigenvalue weighted by Gasteiger charge is 2.30. The van der Waals surface area contributed by atoms with Crippen LogP contribution in [0.5, 0.6) is 0 Å². The topological polar surface area (TPSA) is 74.8 Å². The van der Waals surface area contributed by atoms with Gasteiger partial charge in [-0.2, -0.15) is 5.10 Å². The van der Waals surface area contributed by atoms with E-state index in [0.29, 0.717) is 24.7 Å². The van der Waals surface area contributed by atoms with Crippen LogP contribution in [0.15, 0.2) is 0 Å². The first-order valence-electron chi connectivity index (χ1n) is 7.41. The third-order valence-corrected chi connectivity index (χ3v) is 4.48. The van der Waals surface area contributed by atoms with Gasteiger partial charge in [-0.25, -0.2) is 0 Å². The summed E-state index contributed by atoms with van der Waals surface area (Å²) in [5.74, 6) is 0.969. The number of rotatable bonds is 2. The van der Waals surface area contributed by atoms with Crippen LogP contribution < -0.4 is 5.32 Å². The zero-order valence-electron chi connectivity index (χ0n) is 12.0. The van der Waals surface area contributed by atoms with Crippen molar-refractivity contribution in [1.82, 2.24) is 15.5 Å². The summed E-state index contributed by atoms with van der Waals surface area (Å²) in [5.41, 5.74) is 3.64. The van der Waals surface area contributed by atoms with Gasteiger partial charge < -0.3 is 0 Å². The predicted octanol–water partition coefficient (Wildman–Crippen LogP) is 1.69. The summed E-state index contributed by atoms with van der Waals surface area (Å²) in [6.45, 7) is 4.49. The Morgan fingerprint density at radius 1 is 1.15 bits per heavy atom. The Morgan fingerprint density at radius 3 is 2.55 bits per heavy atom. The Balaban J connectivity index is 1.78. The van der Waals surface area contributed by atoms with Gasteiger partial charge in [0.15, 0.2) is 0 Å². The highest BCUT2D eigenvalue weighted by Crippen LogP contribution is 2.35. The summed E-state index contributed by atoms with van der Waals surface area (Å²) in [7, 11) is 0. The standard InChI is InChI=1S/C15H21N3O2/c1-8-3-9(2)15-11(4-8)12(17-18-15)5-10-6-13(19)16-14(20)7-10/h8-10H,3-7H2,1-2H3,(H,17,18)(H,16,19,20). The Labute approximate surface area is 118 Å². The number of piperidine rings is 1. The van der Waals surface area contributed by atoms with E-state index in [1.54, 1.807) is 0 Å². The molecule has 20 heavy (non-hydrogen) atoms. The lowest BCUT2D eigenvalue weighted by molar-refractivity contribution is -0.134. The highest BCUT2D eigenvalue weighted by molar-refractivity contribution is 5.97. The molecule has 2 heterocycles. The molecule has 2 amide bonds. The van der Waals surface area contributed by atoms with E-state index in [2.05, 4.69) is 29.4 Å². The number of hydrogen-bond acceptors (Lipinski definition) is 3. The number of fused-ring (bicyclic) bond motifs is 1. The zero-order valence-corrected chi connectivity index (χ0v) is 12.0. The summed E-state index contributed by atoms with van der Waals surface area (Å²) in [6, 6.07) is 0. The van der Waals surface area contributed by atoms with E-state index in [-0.39, 0.29) is 17.7 Å². The van der Waals surface area contributed by atoms with Gasteiger partial charge in [0.25, 0.3) is 0 Å². The van der Waals surface area contributed by atoms with E-state index >= 15 is 0 Å². The van der Waals surface area contributed by atoms with E-state index in [0.717, 1.165) is 18.5 Å². The molecule has 0 aromatic carbocycles. The van der Waals surface area contributed by atoms with Crippen LogP contribution in [0.2, 0.25) is 0 Å². The monoisotopic (exact) mass is 275 g/mol. The lowest BCUT2D eigenvalue weighted by atomic mass is 9.80. The van der Waals surface area contributed by atoms with Crippen LogP contribution in [0.4, 0.5) is 0 Å². The van der Waals surface area contributed by atoms with Gasteiger partial charge in [-0.3, -0.25) is 20.0 Å². The number of aromatic nitrogens is 2. The molecule has 2 aliphatic rings. The van der Waals surface area contributed by atoms with Crippen molar-refractivity contribution >= 4 is 11.8 Å². The van der Waals surface area contributed by atoms with Crippen molar-refractivity contribution in [3.8, 4) is 0 Å². The molecule has 1 aliphatic heterocycles. The fourth-order valence-corrected chi connectivity index (χ4v) is 3.66. The fourth-order valence-electron chi connectivity index (χ4n) is 3.66. The minimum Gasteiger partial charge on any atom is -0.296 e. The van der Waals surface area contributed by atoms with E-state index < -0.39 is 0 Å². The zero-order chi connectivity index (χ0) is 14.3. The van der Waals surface area contributed by atoms with Crippen molar-refractivity contribution in [2.45, 2.75) is 51.9 Å². The number of H-pyrrole nitrogens is 1. The maximum atomic E-state index is 11.4. The number of nitrogens with zero attached hydrogens (tertiary/aromatic N) is 1. The normalized spacial score (nSPS) is 27.3. The lowest BCUT2D eigenvalue weighted by Gasteiger charge is -2.25. The summed E-state index contributed by atoms with van der Waals surface area (Å²) in [4.78, 5) is 22.9. The van der Waals surface area contributed by atoms with Gasteiger partial charge in [-0.05, 0) is 36.7 Å². The predicted molar refractivity (Wildman–Crippen MR) is 74.1 cm³/mol. The molecule has 2 N–H and O–H groups in total. The van der Waals surface area contributed by atoms with Crippen LogP contribution >= 0.6 is 0 Å². The van der Waals surface area contributed by atoms with Crippen molar-refractivity contribution in [2.24, 2.45) is 11.8 Å². The average Bonchev–Trinajstić information content (AvgIpc) is 2.71. The summed E-state index contributed by atoms with van der Waals surface area (Å²) in [5, 5.41) is 9.98. The molecular formula is C15H21N3O2. The van der Waals surface area contributed by atoms with E-state index in [9.17, 15) is 9.59 Å². The van der Waals surface area contributed by atoms with Crippen LogP contribution in [-0.4, -0.2) is 22.0 Å². The second-order valence-electron chi connectivity index (χ2n) is 6.46. The molecule has 5 nitrogen and oxygen atoms in total. The van der Waals surface area contributed by atoms with Crippen molar-refractivity contribution in [1.29, 1.82) is 0 Å². The average molecular weight is 275 g/mol.